The number of aromatic nitrogens is 2. The molecule has 146 valence electrons. The Labute approximate surface area is 154 Å². The topological polar surface area (TPSA) is 91.0 Å². The van der Waals surface area contributed by atoms with Gasteiger partial charge in [-0.2, -0.15) is 18.2 Å². The number of nitrogens with zero attached hydrogens (tertiary/aromatic N) is 2. The van der Waals surface area contributed by atoms with E-state index in [4.69, 9.17) is 0 Å². The number of rotatable bonds is 8. The van der Waals surface area contributed by atoms with Crippen LogP contribution in [0.1, 0.15) is 18.1 Å². The average molecular weight is 382 g/mol. The Morgan fingerprint density at radius 1 is 1.15 bits per heavy atom. The van der Waals surface area contributed by atoms with Crippen molar-refractivity contribution in [3.05, 3.63) is 41.6 Å². The molecule has 7 nitrogen and oxygen atoms in total. The molecule has 1 amide bonds. The molecule has 2 aromatic rings. The number of nitrogens with one attached hydrogen (secondary N) is 4. The lowest BCUT2D eigenvalue weighted by atomic mass is 10.2. The van der Waals surface area contributed by atoms with E-state index in [1.807, 2.05) is 19.2 Å². The number of hydrogen-bond donors (Lipinski definition) is 4. The summed E-state index contributed by atoms with van der Waals surface area (Å²) in [5, 5.41) is 11.0. The molecule has 0 aliphatic heterocycles. The third-order valence-electron chi connectivity index (χ3n) is 3.48. The minimum atomic E-state index is -4.59. The van der Waals surface area contributed by atoms with Crippen LogP contribution in [-0.4, -0.2) is 36.0 Å². The van der Waals surface area contributed by atoms with E-state index in [0.29, 0.717) is 12.2 Å². The summed E-state index contributed by atoms with van der Waals surface area (Å²) in [6.07, 6.45) is -3.87. The maximum Gasteiger partial charge on any atom is 0.421 e. The first-order valence-electron chi connectivity index (χ1n) is 8.22. The van der Waals surface area contributed by atoms with Crippen LogP contribution in [0, 0.1) is 0 Å². The molecule has 1 aromatic heterocycles. The predicted octanol–water partition coefficient (Wildman–Crippen LogP) is 2.51. The van der Waals surface area contributed by atoms with E-state index in [1.165, 1.54) is 6.92 Å². The Bertz CT molecular complexity index is 764. The zero-order chi connectivity index (χ0) is 19.9. The fourth-order valence-corrected chi connectivity index (χ4v) is 2.24. The number of anilines is 3. The minimum absolute atomic E-state index is 0.0337. The Balaban J connectivity index is 2.14. The molecule has 0 bridgehead atoms. The van der Waals surface area contributed by atoms with Gasteiger partial charge in [-0.1, -0.05) is 12.1 Å². The quantitative estimate of drug-likeness (QED) is 0.525. The number of benzene rings is 1. The molecule has 4 N–H and O–H groups in total. The number of carbonyl (C=O) groups is 1. The summed E-state index contributed by atoms with van der Waals surface area (Å²) in [4.78, 5) is 18.5. The monoisotopic (exact) mass is 382 g/mol. The van der Waals surface area contributed by atoms with E-state index in [0.717, 1.165) is 11.8 Å². The van der Waals surface area contributed by atoms with Gasteiger partial charge in [-0.3, -0.25) is 4.79 Å². The summed E-state index contributed by atoms with van der Waals surface area (Å²) in [7, 11) is 1.84. The van der Waals surface area contributed by atoms with Crippen LogP contribution in [0.2, 0.25) is 0 Å². The predicted molar refractivity (Wildman–Crippen MR) is 96.7 cm³/mol. The van der Waals surface area contributed by atoms with Crippen LogP contribution < -0.4 is 21.3 Å². The maximum atomic E-state index is 13.1. The molecule has 1 heterocycles. The fourth-order valence-electron chi connectivity index (χ4n) is 2.24. The Morgan fingerprint density at radius 3 is 2.44 bits per heavy atom. The third kappa shape index (κ3) is 6.41. The normalized spacial score (nSPS) is 11.1. The van der Waals surface area contributed by atoms with Gasteiger partial charge in [0.15, 0.2) is 0 Å². The zero-order valence-electron chi connectivity index (χ0n) is 14.9. The van der Waals surface area contributed by atoms with Crippen LogP contribution in [0.3, 0.4) is 0 Å². The van der Waals surface area contributed by atoms with Gasteiger partial charge in [0.05, 0.1) is 0 Å². The minimum Gasteiger partial charge on any atom is -0.368 e. The van der Waals surface area contributed by atoms with E-state index >= 15 is 0 Å². The molecular weight excluding hydrogens is 361 g/mol. The van der Waals surface area contributed by atoms with Crippen molar-refractivity contribution in [3.8, 4) is 0 Å². The lowest BCUT2D eigenvalue weighted by Crippen LogP contribution is -2.27. The SMILES string of the molecule is CNCc1ccc(Nc2ncc(C(F)(F)F)c(NCCNC(C)=O)n2)cc1. The second-order valence-electron chi connectivity index (χ2n) is 5.72. The van der Waals surface area contributed by atoms with Crippen molar-refractivity contribution in [3.63, 3.8) is 0 Å². The van der Waals surface area contributed by atoms with Gasteiger partial charge in [-0.25, -0.2) is 4.98 Å². The lowest BCUT2D eigenvalue weighted by molar-refractivity contribution is -0.137. The lowest BCUT2D eigenvalue weighted by Gasteiger charge is -2.15. The third-order valence-corrected chi connectivity index (χ3v) is 3.48. The molecule has 0 aliphatic carbocycles. The average Bonchev–Trinajstić information content (AvgIpc) is 2.60. The number of carbonyl (C=O) groups excluding carboxylic acids is 1. The van der Waals surface area contributed by atoms with Gasteiger partial charge in [0.2, 0.25) is 11.9 Å². The van der Waals surface area contributed by atoms with Crippen molar-refractivity contribution in [1.82, 2.24) is 20.6 Å². The highest BCUT2D eigenvalue weighted by atomic mass is 19.4. The molecule has 1 aromatic carbocycles. The summed E-state index contributed by atoms with van der Waals surface area (Å²) in [5.74, 6) is -0.580. The van der Waals surface area contributed by atoms with Crippen molar-refractivity contribution < 1.29 is 18.0 Å². The van der Waals surface area contributed by atoms with Crippen molar-refractivity contribution in [2.75, 3.05) is 30.8 Å². The van der Waals surface area contributed by atoms with E-state index in [9.17, 15) is 18.0 Å². The molecule has 0 unspecified atom stereocenters. The van der Waals surface area contributed by atoms with Crippen LogP contribution in [0.15, 0.2) is 30.5 Å². The number of alkyl halides is 3. The van der Waals surface area contributed by atoms with Crippen molar-refractivity contribution in [2.24, 2.45) is 0 Å². The van der Waals surface area contributed by atoms with Gasteiger partial charge in [0.1, 0.15) is 11.4 Å². The number of halogens is 3. The van der Waals surface area contributed by atoms with Crippen LogP contribution in [0.25, 0.3) is 0 Å². The Hall–Kier alpha value is -2.88. The molecule has 0 radical (unpaired) electrons. The van der Waals surface area contributed by atoms with E-state index in [1.54, 1.807) is 12.1 Å². The summed E-state index contributed by atoms with van der Waals surface area (Å²) in [6.45, 7) is 2.30. The van der Waals surface area contributed by atoms with Gasteiger partial charge in [-0.15, -0.1) is 0 Å². The van der Waals surface area contributed by atoms with Gasteiger partial charge in [-0.05, 0) is 24.7 Å². The highest BCUT2D eigenvalue weighted by Gasteiger charge is 2.35. The molecule has 0 spiro atoms. The number of amides is 1. The van der Waals surface area contributed by atoms with Crippen LogP contribution in [0.5, 0.6) is 0 Å². The summed E-state index contributed by atoms with van der Waals surface area (Å²) < 4.78 is 39.4. The molecule has 0 atom stereocenters. The summed E-state index contributed by atoms with van der Waals surface area (Å²) in [5.41, 5.74) is 0.746. The van der Waals surface area contributed by atoms with Gasteiger partial charge >= 0.3 is 6.18 Å². The standard InChI is InChI=1S/C17H21F3N6O/c1-11(27)22-7-8-23-15-14(17(18,19)20)10-24-16(26-15)25-13-5-3-12(4-6-13)9-21-2/h3-6,10,21H,7-9H2,1-2H3,(H,22,27)(H2,23,24,25,26). The molecule has 27 heavy (non-hydrogen) atoms. The summed E-state index contributed by atoms with van der Waals surface area (Å²) in [6, 6.07) is 7.35. The molecular formula is C17H21F3N6O. The van der Waals surface area contributed by atoms with Crippen molar-refractivity contribution in [2.45, 2.75) is 19.6 Å². The second-order valence-corrected chi connectivity index (χ2v) is 5.72. The highest BCUT2D eigenvalue weighted by Crippen LogP contribution is 2.34. The fraction of sp³-hybridized carbons (Fsp3) is 0.353. The maximum absolute atomic E-state index is 13.1. The van der Waals surface area contributed by atoms with Gasteiger partial charge in [0, 0.05) is 38.4 Å². The van der Waals surface area contributed by atoms with Crippen molar-refractivity contribution >= 4 is 23.4 Å². The van der Waals surface area contributed by atoms with E-state index < -0.39 is 11.7 Å². The van der Waals surface area contributed by atoms with Crippen LogP contribution >= 0.6 is 0 Å². The first-order chi connectivity index (χ1) is 12.8. The molecule has 0 saturated carbocycles. The first kappa shape index (κ1) is 20.4. The van der Waals surface area contributed by atoms with E-state index in [-0.39, 0.29) is 30.8 Å². The van der Waals surface area contributed by atoms with E-state index in [2.05, 4.69) is 31.2 Å². The zero-order valence-corrected chi connectivity index (χ0v) is 14.9. The molecule has 0 aliphatic rings. The highest BCUT2D eigenvalue weighted by molar-refractivity contribution is 5.72. The first-order valence-corrected chi connectivity index (χ1v) is 8.22. The van der Waals surface area contributed by atoms with Crippen LogP contribution in [-0.2, 0) is 17.5 Å². The molecule has 0 saturated heterocycles. The van der Waals surface area contributed by atoms with Crippen molar-refractivity contribution in [1.29, 1.82) is 0 Å². The molecule has 10 heteroatoms. The summed E-state index contributed by atoms with van der Waals surface area (Å²) >= 11 is 0. The smallest absolute Gasteiger partial charge is 0.368 e. The van der Waals surface area contributed by atoms with Gasteiger partial charge in [0.25, 0.3) is 0 Å². The number of hydrogen-bond acceptors (Lipinski definition) is 6. The molecule has 2 rings (SSSR count). The van der Waals surface area contributed by atoms with Gasteiger partial charge < -0.3 is 21.3 Å². The second kappa shape index (κ2) is 9.17. The Kier molecular flexibility index (Phi) is 6.94. The molecule has 0 fully saturated rings. The van der Waals surface area contributed by atoms with Crippen LogP contribution in [0.4, 0.5) is 30.6 Å². The Morgan fingerprint density at radius 2 is 1.85 bits per heavy atom. The largest absolute Gasteiger partial charge is 0.421 e.